The average Bonchev–Trinajstić information content (AvgIpc) is 2.59. The highest BCUT2D eigenvalue weighted by atomic mass is 16.5. The zero-order chi connectivity index (χ0) is 18.1. The van der Waals surface area contributed by atoms with Gasteiger partial charge >= 0.3 is 0 Å². The summed E-state index contributed by atoms with van der Waals surface area (Å²) in [5.74, 6) is 1.94. The number of nitrogens with one attached hydrogen (secondary N) is 2. The number of benzene rings is 1. The molecule has 1 aromatic heterocycles. The number of carbonyl (C=O) groups excluding carboxylic acids is 1. The van der Waals surface area contributed by atoms with E-state index in [0.717, 1.165) is 16.8 Å². The number of carbonyl (C=O) groups is 1. The standard InChI is InChI=1S/C18H21N3O4/c1-9-6-10(2)19-17-14(9)18(22)21-16(20-17)11-7-12(23-3)15(25-5)13(8-11)24-4/h6-8,16H,1-5H3,(H,19,20)(H,21,22). The van der Waals surface area contributed by atoms with Crippen molar-refractivity contribution in [2.24, 2.45) is 0 Å². The molecule has 2 N–H and O–H groups in total. The van der Waals surface area contributed by atoms with E-state index in [1.165, 1.54) is 0 Å². The van der Waals surface area contributed by atoms with Crippen molar-refractivity contribution in [2.45, 2.75) is 20.0 Å². The monoisotopic (exact) mass is 343 g/mol. The van der Waals surface area contributed by atoms with Gasteiger partial charge in [-0.05, 0) is 37.6 Å². The predicted molar refractivity (Wildman–Crippen MR) is 93.6 cm³/mol. The van der Waals surface area contributed by atoms with Gasteiger partial charge in [0, 0.05) is 11.3 Å². The molecule has 3 rings (SSSR count). The fraction of sp³-hybridized carbons (Fsp3) is 0.333. The molecular formula is C18H21N3O4. The number of hydrogen-bond donors (Lipinski definition) is 2. The summed E-state index contributed by atoms with van der Waals surface area (Å²) in [6.07, 6.45) is -0.456. The molecule has 2 heterocycles. The maximum absolute atomic E-state index is 12.6. The molecule has 1 aliphatic rings. The molecule has 0 aliphatic carbocycles. The summed E-state index contributed by atoms with van der Waals surface area (Å²) in [5.41, 5.74) is 3.07. The first-order valence-electron chi connectivity index (χ1n) is 7.84. The van der Waals surface area contributed by atoms with Gasteiger partial charge in [-0.25, -0.2) is 4.98 Å². The highest BCUT2D eigenvalue weighted by Gasteiger charge is 2.29. The Kier molecular flexibility index (Phi) is 4.39. The van der Waals surface area contributed by atoms with Gasteiger partial charge in [0.15, 0.2) is 11.5 Å². The molecule has 7 nitrogen and oxygen atoms in total. The maximum Gasteiger partial charge on any atom is 0.257 e. The molecule has 25 heavy (non-hydrogen) atoms. The number of methoxy groups -OCH3 is 3. The van der Waals surface area contributed by atoms with Crippen LogP contribution < -0.4 is 24.8 Å². The Balaban J connectivity index is 2.05. The second kappa shape index (κ2) is 6.51. The molecule has 0 fully saturated rings. The lowest BCUT2D eigenvalue weighted by Crippen LogP contribution is -2.39. The van der Waals surface area contributed by atoms with Gasteiger partial charge in [-0.2, -0.15) is 0 Å². The van der Waals surface area contributed by atoms with E-state index in [2.05, 4.69) is 15.6 Å². The summed E-state index contributed by atoms with van der Waals surface area (Å²) in [6.45, 7) is 3.80. The third-order valence-corrected chi connectivity index (χ3v) is 4.15. The minimum atomic E-state index is -0.456. The Morgan fingerprint density at radius 1 is 0.960 bits per heavy atom. The van der Waals surface area contributed by atoms with Crippen LogP contribution in [0.25, 0.3) is 0 Å². The van der Waals surface area contributed by atoms with Crippen LogP contribution in [0.15, 0.2) is 18.2 Å². The first-order valence-corrected chi connectivity index (χ1v) is 7.84. The summed E-state index contributed by atoms with van der Waals surface area (Å²) in [4.78, 5) is 17.0. The molecule has 1 amide bonds. The Morgan fingerprint density at radius 3 is 2.16 bits per heavy atom. The van der Waals surface area contributed by atoms with Gasteiger partial charge < -0.3 is 24.8 Å². The number of nitrogens with zero attached hydrogens (tertiary/aromatic N) is 1. The molecule has 0 spiro atoms. The molecule has 2 aromatic rings. The third-order valence-electron chi connectivity index (χ3n) is 4.15. The van der Waals surface area contributed by atoms with Gasteiger partial charge in [0.25, 0.3) is 5.91 Å². The van der Waals surface area contributed by atoms with Crippen LogP contribution in [0, 0.1) is 13.8 Å². The van der Waals surface area contributed by atoms with Crippen molar-refractivity contribution in [1.82, 2.24) is 10.3 Å². The van der Waals surface area contributed by atoms with E-state index in [1.807, 2.05) is 19.9 Å². The Hall–Kier alpha value is -2.96. The van der Waals surface area contributed by atoms with Crippen LogP contribution in [0.3, 0.4) is 0 Å². The second-order valence-electron chi connectivity index (χ2n) is 5.81. The van der Waals surface area contributed by atoms with Crippen LogP contribution in [0.4, 0.5) is 5.82 Å². The lowest BCUT2D eigenvalue weighted by molar-refractivity contribution is 0.0934. The largest absolute Gasteiger partial charge is 0.493 e. The fourth-order valence-electron chi connectivity index (χ4n) is 3.04. The normalized spacial score (nSPS) is 15.7. The van der Waals surface area contributed by atoms with Gasteiger partial charge in [-0.15, -0.1) is 0 Å². The number of aromatic nitrogens is 1. The van der Waals surface area contributed by atoms with Crippen LogP contribution in [-0.4, -0.2) is 32.2 Å². The summed E-state index contributed by atoms with van der Waals surface area (Å²) in [6, 6.07) is 5.49. The molecule has 1 aliphatic heterocycles. The number of aryl methyl sites for hydroxylation is 2. The van der Waals surface area contributed by atoms with Gasteiger partial charge in [0.1, 0.15) is 12.0 Å². The molecule has 0 saturated carbocycles. The van der Waals surface area contributed by atoms with Crippen LogP contribution in [-0.2, 0) is 0 Å². The van der Waals surface area contributed by atoms with Gasteiger partial charge in [0.2, 0.25) is 5.75 Å². The average molecular weight is 343 g/mol. The summed E-state index contributed by atoms with van der Waals surface area (Å²) in [7, 11) is 4.65. The molecule has 7 heteroatoms. The smallest absolute Gasteiger partial charge is 0.257 e. The third kappa shape index (κ3) is 2.93. The minimum Gasteiger partial charge on any atom is -0.493 e. The molecule has 0 radical (unpaired) electrons. The minimum absolute atomic E-state index is 0.169. The molecular weight excluding hydrogens is 322 g/mol. The van der Waals surface area contributed by atoms with Crippen molar-refractivity contribution in [3.63, 3.8) is 0 Å². The zero-order valence-corrected chi connectivity index (χ0v) is 14.9. The zero-order valence-electron chi connectivity index (χ0n) is 14.9. The Bertz CT molecular complexity index is 810. The summed E-state index contributed by atoms with van der Waals surface area (Å²) in [5, 5.41) is 6.22. The van der Waals surface area contributed by atoms with Crippen molar-refractivity contribution in [3.8, 4) is 17.2 Å². The van der Waals surface area contributed by atoms with Crippen molar-refractivity contribution in [1.29, 1.82) is 0 Å². The number of amides is 1. The number of pyridine rings is 1. The van der Waals surface area contributed by atoms with Gasteiger partial charge in [-0.1, -0.05) is 0 Å². The summed E-state index contributed by atoms with van der Waals surface area (Å²) >= 11 is 0. The van der Waals surface area contributed by atoms with Crippen molar-refractivity contribution in [2.75, 3.05) is 26.6 Å². The van der Waals surface area contributed by atoms with E-state index in [4.69, 9.17) is 14.2 Å². The van der Waals surface area contributed by atoms with Crippen molar-refractivity contribution < 1.29 is 19.0 Å². The lowest BCUT2D eigenvalue weighted by atomic mass is 10.0. The molecule has 1 atom stereocenters. The van der Waals surface area contributed by atoms with E-state index in [0.29, 0.717) is 28.6 Å². The molecule has 1 aromatic carbocycles. The second-order valence-corrected chi connectivity index (χ2v) is 5.81. The van der Waals surface area contributed by atoms with Crippen molar-refractivity contribution in [3.05, 3.63) is 40.6 Å². The summed E-state index contributed by atoms with van der Waals surface area (Å²) < 4.78 is 16.1. The highest BCUT2D eigenvalue weighted by Crippen LogP contribution is 2.40. The number of hydrogen-bond acceptors (Lipinski definition) is 6. The Labute approximate surface area is 146 Å². The first kappa shape index (κ1) is 16.9. The molecule has 1 unspecified atom stereocenters. The van der Waals surface area contributed by atoms with Crippen LogP contribution >= 0.6 is 0 Å². The molecule has 0 bridgehead atoms. The molecule has 0 saturated heterocycles. The number of ether oxygens (including phenoxy) is 3. The number of fused-ring (bicyclic) bond motifs is 1. The van der Waals surface area contributed by atoms with E-state index in [-0.39, 0.29) is 5.91 Å². The fourth-order valence-corrected chi connectivity index (χ4v) is 3.04. The highest BCUT2D eigenvalue weighted by molar-refractivity contribution is 6.02. The molecule has 132 valence electrons. The predicted octanol–water partition coefficient (Wildman–Crippen LogP) is 2.58. The van der Waals surface area contributed by atoms with Crippen LogP contribution in [0.5, 0.6) is 17.2 Å². The first-order chi connectivity index (χ1) is 12.0. The van der Waals surface area contributed by atoms with E-state index >= 15 is 0 Å². The number of rotatable bonds is 4. The van der Waals surface area contributed by atoms with E-state index < -0.39 is 6.17 Å². The van der Waals surface area contributed by atoms with Crippen LogP contribution in [0.2, 0.25) is 0 Å². The lowest BCUT2D eigenvalue weighted by Gasteiger charge is -2.29. The Morgan fingerprint density at radius 2 is 1.60 bits per heavy atom. The van der Waals surface area contributed by atoms with E-state index in [1.54, 1.807) is 33.5 Å². The van der Waals surface area contributed by atoms with Gasteiger partial charge in [-0.3, -0.25) is 4.79 Å². The number of anilines is 1. The van der Waals surface area contributed by atoms with Gasteiger partial charge in [0.05, 0.1) is 26.9 Å². The topological polar surface area (TPSA) is 81.7 Å². The van der Waals surface area contributed by atoms with Crippen molar-refractivity contribution >= 4 is 11.7 Å². The maximum atomic E-state index is 12.6. The van der Waals surface area contributed by atoms with E-state index in [9.17, 15) is 4.79 Å². The quantitative estimate of drug-likeness (QED) is 0.888. The SMILES string of the molecule is COc1cc(C2NC(=O)c3c(C)cc(C)nc3N2)cc(OC)c1OC. The van der Waals surface area contributed by atoms with Crippen LogP contribution in [0.1, 0.15) is 33.3 Å².